The van der Waals surface area contributed by atoms with Gasteiger partial charge < -0.3 is 5.32 Å². The third kappa shape index (κ3) is 3.14. The van der Waals surface area contributed by atoms with Crippen LogP contribution >= 0.6 is 0 Å². The molecular weight excluding hydrogens is 280 g/mol. The first-order valence-corrected chi connectivity index (χ1v) is 9.32. The fourth-order valence-electron chi connectivity index (χ4n) is 4.64. The van der Waals surface area contributed by atoms with Crippen LogP contribution in [0.25, 0.3) is 10.8 Å². The first-order valence-electron chi connectivity index (χ1n) is 9.32. The monoisotopic (exact) mass is 308 g/mol. The molecule has 0 saturated carbocycles. The molecule has 2 heteroatoms. The molecule has 2 aliphatic rings. The Bertz CT molecular complexity index is 679. The van der Waals surface area contributed by atoms with Crippen molar-refractivity contribution in [2.24, 2.45) is 5.92 Å². The van der Waals surface area contributed by atoms with Gasteiger partial charge in [0.2, 0.25) is 0 Å². The molecule has 0 radical (unpaired) electrons. The minimum Gasteiger partial charge on any atom is -0.311 e. The highest BCUT2D eigenvalue weighted by atomic mass is 15.0. The molecule has 1 N–H and O–H groups in total. The third-order valence-corrected chi connectivity index (χ3v) is 5.82. The molecule has 2 nitrogen and oxygen atoms in total. The maximum atomic E-state index is 4.62. The van der Waals surface area contributed by atoms with E-state index in [9.17, 15) is 0 Å². The molecular formula is C21H28N2. The SMILES string of the molecule is CC(C)c1nccc2ccc(CCC3CC4CCC(C3)N4)cc12. The minimum atomic E-state index is 0.481. The molecule has 2 saturated heterocycles. The zero-order chi connectivity index (χ0) is 15.8. The summed E-state index contributed by atoms with van der Waals surface area (Å²) in [5.74, 6) is 1.40. The van der Waals surface area contributed by atoms with E-state index < -0.39 is 0 Å². The van der Waals surface area contributed by atoms with Crippen LogP contribution in [-0.4, -0.2) is 17.1 Å². The number of rotatable bonds is 4. The largest absolute Gasteiger partial charge is 0.311 e. The van der Waals surface area contributed by atoms with E-state index in [0.717, 1.165) is 18.0 Å². The Morgan fingerprint density at radius 3 is 2.65 bits per heavy atom. The Labute approximate surface area is 139 Å². The van der Waals surface area contributed by atoms with Crippen LogP contribution in [-0.2, 0) is 6.42 Å². The lowest BCUT2D eigenvalue weighted by atomic mass is 9.87. The Morgan fingerprint density at radius 2 is 1.91 bits per heavy atom. The Morgan fingerprint density at radius 1 is 1.13 bits per heavy atom. The summed E-state index contributed by atoms with van der Waals surface area (Å²) in [6.07, 6.45) is 10.1. The van der Waals surface area contributed by atoms with Gasteiger partial charge in [-0.05, 0) is 73.4 Å². The van der Waals surface area contributed by atoms with Crippen molar-refractivity contribution < 1.29 is 0 Å². The van der Waals surface area contributed by atoms with Gasteiger partial charge in [-0.2, -0.15) is 0 Å². The Hall–Kier alpha value is -1.41. The minimum absolute atomic E-state index is 0.481. The average Bonchev–Trinajstić information content (AvgIpc) is 2.90. The van der Waals surface area contributed by atoms with Crippen molar-refractivity contribution in [3.8, 4) is 0 Å². The number of aromatic nitrogens is 1. The van der Waals surface area contributed by atoms with Gasteiger partial charge in [-0.15, -0.1) is 0 Å². The highest BCUT2D eigenvalue weighted by Crippen LogP contribution is 2.33. The first kappa shape index (κ1) is 15.1. The number of benzene rings is 1. The van der Waals surface area contributed by atoms with Crippen molar-refractivity contribution in [2.75, 3.05) is 0 Å². The van der Waals surface area contributed by atoms with Crippen LogP contribution in [0.15, 0.2) is 30.5 Å². The van der Waals surface area contributed by atoms with Crippen LogP contribution in [0.3, 0.4) is 0 Å². The molecule has 0 amide bonds. The standard InChI is InChI=1S/C21H28N2/c1-14(2)21-20-13-15(5-6-17(20)9-10-22-21)3-4-16-11-18-7-8-19(12-16)23-18/h5-6,9-10,13-14,16,18-19,23H,3-4,7-8,11-12H2,1-2H3. The summed E-state index contributed by atoms with van der Waals surface area (Å²) in [6.45, 7) is 4.47. The van der Waals surface area contributed by atoms with Crippen LogP contribution in [0.5, 0.6) is 0 Å². The second-order valence-electron chi connectivity index (χ2n) is 7.92. The molecule has 1 aromatic heterocycles. The summed E-state index contributed by atoms with van der Waals surface area (Å²) >= 11 is 0. The summed E-state index contributed by atoms with van der Waals surface area (Å²) < 4.78 is 0. The van der Waals surface area contributed by atoms with E-state index in [0.29, 0.717) is 5.92 Å². The zero-order valence-electron chi connectivity index (χ0n) is 14.4. The van der Waals surface area contributed by atoms with Gasteiger partial charge in [-0.25, -0.2) is 0 Å². The summed E-state index contributed by atoms with van der Waals surface area (Å²) in [6, 6.07) is 10.8. The van der Waals surface area contributed by atoms with Gasteiger partial charge in [0.15, 0.2) is 0 Å². The molecule has 2 aromatic rings. The number of aryl methyl sites for hydroxylation is 1. The van der Waals surface area contributed by atoms with Crippen LogP contribution in [0.4, 0.5) is 0 Å². The molecule has 2 atom stereocenters. The van der Waals surface area contributed by atoms with E-state index in [2.05, 4.69) is 48.4 Å². The fourth-order valence-corrected chi connectivity index (χ4v) is 4.64. The molecule has 23 heavy (non-hydrogen) atoms. The number of fused-ring (bicyclic) bond motifs is 3. The summed E-state index contributed by atoms with van der Waals surface area (Å²) in [7, 11) is 0. The fraction of sp³-hybridized carbons (Fsp3) is 0.571. The van der Waals surface area contributed by atoms with Crippen LogP contribution in [0.2, 0.25) is 0 Å². The summed E-state index contributed by atoms with van der Waals surface area (Å²) in [5.41, 5.74) is 2.72. The van der Waals surface area contributed by atoms with Crippen LogP contribution in [0.1, 0.15) is 63.1 Å². The number of hydrogen-bond acceptors (Lipinski definition) is 2. The van der Waals surface area contributed by atoms with Crippen molar-refractivity contribution in [1.29, 1.82) is 0 Å². The van der Waals surface area contributed by atoms with Crippen molar-refractivity contribution in [2.45, 2.75) is 70.4 Å². The van der Waals surface area contributed by atoms with Gasteiger partial charge in [-0.1, -0.05) is 26.0 Å². The van der Waals surface area contributed by atoms with Gasteiger partial charge >= 0.3 is 0 Å². The van der Waals surface area contributed by atoms with Crippen molar-refractivity contribution in [3.63, 3.8) is 0 Å². The van der Waals surface area contributed by atoms with E-state index >= 15 is 0 Å². The maximum Gasteiger partial charge on any atom is 0.0507 e. The highest BCUT2D eigenvalue weighted by Gasteiger charge is 2.32. The number of pyridine rings is 1. The predicted molar refractivity (Wildman–Crippen MR) is 96.8 cm³/mol. The maximum absolute atomic E-state index is 4.62. The molecule has 2 bridgehead atoms. The molecule has 4 rings (SSSR count). The van der Waals surface area contributed by atoms with E-state index in [1.165, 1.54) is 60.6 Å². The van der Waals surface area contributed by atoms with E-state index in [1.54, 1.807) is 0 Å². The van der Waals surface area contributed by atoms with E-state index in [4.69, 9.17) is 0 Å². The second kappa shape index (κ2) is 6.24. The predicted octanol–water partition coefficient (Wildman–Crippen LogP) is 4.82. The highest BCUT2D eigenvalue weighted by molar-refractivity contribution is 5.85. The number of hydrogen-bond donors (Lipinski definition) is 1. The van der Waals surface area contributed by atoms with Crippen LogP contribution < -0.4 is 5.32 Å². The van der Waals surface area contributed by atoms with Crippen molar-refractivity contribution in [1.82, 2.24) is 10.3 Å². The molecule has 0 aliphatic carbocycles. The summed E-state index contributed by atoms with van der Waals surface area (Å²) in [4.78, 5) is 4.62. The van der Waals surface area contributed by atoms with Gasteiger partial charge in [0.1, 0.15) is 0 Å². The number of nitrogens with zero attached hydrogens (tertiary/aromatic N) is 1. The molecule has 2 fully saturated rings. The lowest BCUT2D eigenvalue weighted by Gasteiger charge is -2.29. The first-order chi connectivity index (χ1) is 11.2. The Kier molecular flexibility index (Phi) is 4.11. The molecule has 0 spiro atoms. The van der Waals surface area contributed by atoms with Crippen LogP contribution in [0, 0.1) is 5.92 Å². The molecule has 2 aliphatic heterocycles. The van der Waals surface area contributed by atoms with E-state index in [-0.39, 0.29) is 0 Å². The van der Waals surface area contributed by atoms with Gasteiger partial charge in [0, 0.05) is 23.7 Å². The van der Waals surface area contributed by atoms with Crippen molar-refractivity contribution >= 4 is 10.8 Å². The third-order valence-electron chi connectivity index (χ3n) is 5.82. The second-order valence-corrected chi connectivity index (χ2v) is 7.92. The molecule has 2 unspecified atom stereocenters. The molecule has 1 aromatic carbocycles. The molecule has 122 valence electrons. The van der Waals surface area contributed by atoms with Gasteiger partial charge in [0.05, 0.1) is 5.69 Å². The normalized spacial score (nSPS) is 27.0. The zero-order valence-corrected chi connectivity index (χ0v) is 14.4. The summed E-state index contributed by atoms with van der Waals surface area (Å²) in [5, 5.41) is 6.43. The average molecular weight is 308 g/mol. The van der Waals surface area contributed by atoms with E-state index in [1.807, 2.05) is 6.20 Å². The number of nitrogens with one attached hydrogen (secondary N) is 1. The lowest BCUT2D eigenvalue weighted by Crippen LogP contribution is -2.38. The van der Waals surface area contributed by atoms with Gasteiger partial charge in [-0.3, -0.25) is 4.98 Å². The van der Waals surface area contributed by atoms with Gasteiger partial charge in [0.25, 0.3) is 0 Å². The molecule has 3 heterocycles. The Balaban J connectivity index is 1.49. The number of piperidine rings is 1. The smallest absolute Gasteiger partial charge is 0.0507 e. The lowest BCUT2D eigenvalue weighted by molar-refractivity contribution is 0.286. The topological polar surface area (TPSA) is 24.9 Å². The quantitative estimate of drug-likeness (QED) is 0.875. The van der Waals surface area contributed by atoms with Crippen molar-refractivity contribution in [3.05, 3.63) is 41.7 Å².